The molecule has 0 N–H and O–H groups in total. The van der Waals surface area contributed by atoms with Crippen molar-refractivity contribution in [2.75, 3.05) is 18.0 Å². The molecule has 1 aliphatic rings. The summed E-state index contributed by atoms with van der Waals surface area (Å²) >= 11 is 0. The highest BCUT2D eigenvalue weighted by Gasteiger charge is 2.34. The fourth-order valence-corrected chi connectivity index (χ4v) is 1.89. The zero-order valence-corrected chi connectivity index (χ0v) is 10.5. The first-order valence-electron chi connectivity index (χ1n) is 5.86. The van der Waals surface area contributed by atoms with Crippen LogP contribution in [0.2, 0.25) is 0 Å². The summed E-state index contributed by atoms with van der Waals surface area (Å²) in [4.78, 5) is 6.15. The molecule has 0 radical (unpaired) electrons. The van der Waals surface area contributed by atoms with Gasteiger partial charge in [0.15, 0.2) is 0 Å². The molecule has 94 valence electrons. The molecule has 0 atom stereocenters. The average Bonchev–Trinajstić information content (AvgIpc) is 2.13. The summed E-state index contributed by atoms with van der Waals surface area (Å²) in [6.45, 7) is 7.23. The van der Waals surface area contributed by atoms with E-state index in [4.69, 9.17) is 0 Å². The summed E-state index contributed by atoms with van der Waals surface area (Å²) in [5.74, 6) is -0.478. The van der Waals surface area contributed by atoms with E-state index >= 15 is 0 Å². The van der Waals surface area contributed by atoms with Gasteiger partial charge in [0, 0.05) is 19.3 Å². The van der Waals surface area contributed by atoms with Gasteiger partial charge in [0.05, 0.1) is 17.8 Å². The summed E-state index contributed by atoms with van der Waals surface area (Å²) < 4.78 is 24.8. The lowest BCUT2D eigenvalue weighted by Gasteiger charge is -2.40. The van der Waals surface area contributed by atoms with E-state index in [0.29, 0.717) is 13.1 Å². The maximum Gasteiger partial charge on any atom is 0.244 e. The molecule has 0 spiro atoms. The molecule has 2 heterocycles. The summed E-state index contributed by atoms with van der Waals surface area (Å²) in [6.07, 6.45) is 1.38. The molecule has 17 heavy (non-hydrogen) atoms. The van der Waals surface area contributed by atoms with Gasteiger partial charge in [-0.2, -0.15) is 0 Å². The number of alkyl halides is 2. The Kier molecular flexibility index (Phi) is 3.06. The van der Waals surface area contributed by atoms with E-state index in [1.54, 1.807) is 6.20 Å². The van der Waals surface area contributed by atoms with Crippen LogP contribution in [0.4, 0.5) is 14.5 Å². The quantitative estimate of drug-likeness (QED) is 0.789. The minimum absolute atomic E-state index is 0.0377. The average molecular weight is 240 g/mol. The van der Waals surface area contributed by atoms with E-state index in [-0.39, 0.29) is 5.41 Å². The molecule has 0 aliphatic carbocycles. The van der Waals surface area contributed by atoms with Gasteiger partial charge in [0.2, 0.25) is 6.43 Å². The predicted octanol–water partition coefficient (Wildman–Crippen LogP) is 3.08. The van der Waals surface area contributed by atoms with Crippen LogP contribution in [0, 0.1) is 5.92 Å². The molecule has 1 fully saturated rings. The van der Waals surface area contributed by atoms with Gasteiger partial charge in [-0.25, -0.2) is 8.78 Å². The van der Waals surface area contributed by atoms with Gasteiger partial charge in [0.1, 0.15) is 0 Å². The minimum Gasteiger partial charge on any atom is -0.369 e. The van der Waals surface area contributed by atoms with Gasteiger partial charge in [-0.15, -0.1) is 0 Å². The summed E-state index contributed by atoms with van der Waals surface area (Å²) in [6, 6.07) is 2.05. The first-order chi connectivity index (χ1) is 7.88. The molecule has 4 heteroatoms. The van der Waals surface area contributed by atoms with Crippen LogP contribution in [0.1, 0.15) is 26.3 Å². The van der Waals surface area contributed by atoms with E-state index in [0.717, 1.165) is 11.3 Å². The van der Waals surface area contributed by atoms with E-state index in [2.05, 4.69) is 31.8 Å². The van der Waals surface area contributed by atoms with Gasteiger partial charge in [0.25, 0.3) is 0 Å². The van der Waals surface area contributed by atoms with Crippen molar-refractivity contribution in [2.45, 2.75) is 32.6 Å². The third kappa shape index (κ3) is 2.56. The molecule has 2 nitrogen and oxygen atoms in total. The molecular formula is C13H18F2N2. The smallest absolute Gasteiger partial charge is 0.244 e. The molecule has 0 saturated carbocycles. The lowest BCUT2D eigenvalue weighted by molar-refractivity contribution is 0.0614. The molecule has 1 aromatic rings. The summed E-state index contributed by atoms with van der Waals surface area (Å²) in [7, 11) is 0. The van der Waals surface area contributed by atoms with Gasteiger partial charge in [-0.1, -0.05) is 20.8 Å². The molecule has 2 rings (SSSR count). The SMILES string of the molecule is CC(C)(C)c1cncc(N2CC(C(F)F)C2)c1. The third-order valence-electron chi connectivity index (χ3n) is 3.22. The van der Waals surface area contributed by atoms with Crippen LogP contribution in [-0.4, -0.2) is 24.5 Å². The van der Waals surface area contributed by atoms with Crippen LogP contribution < -0.4 is 4.90 Å². The van der Waals surface area contributed by atoms with Crippen LogP contribution in [0.3, 0.4) is 0 Å². The second kappa shape index (κ2) is 4.24. The molecule has 0 unspecified atom stereocenters. The molecule has 0 aromatic carbocycles. The monoisotopic (exact) mass is 240 g/mol. The van der Waals surface area contributed by atoms with Gasteiger partial charge >= 0.3 is 0 Å². The van der Waals surface area contributed by atoms with E-state index in [1.807, 2.05) is 11.1 Å². The Balaban J connectivity index is 2.09. The largest absolute Gasteiger partial charge is 0.369 e. The van der Waals surface area contributed by atoms with Crippen molar-refractivity contribution in [1.29, 1.82) is 0 Å². The normalized spacial score (nSPS) is 17.4. The fourth-order valence-electron chi connectivity index (χ4n) is 1.89. The fraction of sp³-hybridized carbons (Fsp3) is 0.615. The Morgan fingerprint density at radius 3 is 2.47 bits per heavy atom. The van der Waals surface area contributed by atoms with Crippen LogP contribution in [-0.2, 0) is 5.41 Å². The van der Waals surface area contributed by atoms with E-state index in [9.17, 15) is 8.78 Å². The lowest BCUT2D eigenvalue weighted by Crippen LogP contribution is -2.50. The highest BCUT2D eigenvalue weighted by atomic mass is 19.3. The maximum absolute atomic E-state index is 12.4. The Hall–Kier alpha value is -1.19. The number of nitrogens with zero attached hydrogens (tertiary/aromatic N) is 2. The Morgan fingerprint density at radius 1 is 1.29 bits per heavy atom. The second-order valence-corrected chi connectivity index (χ2v) is 5.68. The minimum atomic E-state index is -2.20. The number of hydrogen-bond acceptors (Lipinski definition) is 2. The number of halogens is 2. The van der Waals surface area contributed by atoms with Crippen molar-refractivity contribution in [3.05, 3.63) is 24.0 Å². The predicted molar refractivity (Wildman–Crippen MR) is 64.6 cm³/mol. The molecule has 1 aromatic heterocycles. The van der Waals surface area contributed by atoms with E-state index in [1.165, 1.54) is 0 Å². The molecule has 1 saturated heterocycles. The lowest BCUT2D eigenvalue weighted by atomic mass is 9.88. The Bertz CT molecular complexity index is 393. The highest BCUT2D eigenvalue weighted by Crippen LogP contribution is 2.30. The summed E-state index contributed by atoms with van der Waals surface area (Å²) in [5.41, 5.74) is 2.13. The number of anilines is 1. The van der Waals surface area contributed by atoms with Crippen molar-refractivity contribution in [3.8, 4) is 0 Å². The number of aromatic nitrogens is 1. The van der Waals surface area contributed by atoms with Crippen molar-refractivity contribution < 1.29 is 8.78 Å². The van der Waals surface area contributed by atoms with Crippen LogP contribution >= 0.6 is 0 Å². The van der Waals surface area contributed by atoms with Gasteiger partial charge in [-0.05, 0) is 17.0 Å². The van der Waals surface area contributed by atoms with Crippen molar-refractivity contribution >= 4 is 5.69 Å². The first kappa shape index (κ1) is 12.3. The van der Waals surface area contributed by atoms with Crippen molar-refractivity contribution in [1.82, 2.24) is 4.98 Å². The van der Waals surface area contributed by atoms with Crippen LogP contribution in [0.25, 0.3) is 0 Å². The number of hydrogen-bond donors (Lipinski definition) is 0. The Morgan fingerprint density at radius 2 is 1.94 bits per heavy atom. The van der Waals surface area contributed by atoms with Gasteiger partial charge < -0.3 is 4.90 Å². The molecule has 0 bridgehead atoms. The standard InChI is InChI=1S/C13H18F2N2/c1-13(2,3)10-4-11(6-16-5-10)17-7-9(8-17)12(14)15/h4-6,9,12H,7-8H2,1-3H3. The van der Waals surface area contributed by atoms with Crippen LogP contribution in [0.5, 0.6) is 0 Å². The second-order valence-electron chi connectivity index (χ2n) is 5.68. The van der Waals surface area contributed by atoms with Gasteiger partial charge in [-0.3, -0.25) is 4.98 Å². The van der Waals surface area contributed by atoms with Crippen molar-refractivity contribution in [3.63, 3.8) is 0 Å². The number of pyridine rings is 1. The number of rotatable bonds is 2. The zero-order valence-electron chi connectivity index (χ0n) is 10.5. The molecular weight excluding hydrogens is 222 g/mol. The maximum atomic E-state index is 12.4. The van der Waals surface area contributed by atoms with E-state index < -0.39 is 12.3 Å². The highest BCUT2D eigenvalue weighted by molar-refractivity contribution is 5.49. The Labute approximate surface area is 101 Å². The zero-order chi connectivity index (χ0) is 12.6. The molecule has 1 aliphatic heterocycles. The van der Waals surface area contributed by atoms with Crippen LogP contribution in [0.15, 0.2) is 18.5 Å². The summed E-state index contributed by atoms with van der Waals surface area (Å²) in [5, 5.41) is 0. The third-order valence-corrected chi connectivity index (χ3v) is 3.22. The molecule has 0 amide bonds. The first-order valence-corrected chi connectivity index (χ1v) is 5.86. The topological polar surface area (TPSA) is 16.1 Å². The van der Waals surface area contributed by atoms with Crippen molar-refractivity contribution in [2.24, 2.45) is 5.92 Å².